The molecule has 82 valence electrons. The zero-order valence-electron chi connectivity index (χ0n) is 9.26. The van der Waals surface area contributed by atoms with Crippen molar-refractivity contribution in [2.45, 2.75) is 43.9 Å². The van der Waals surface area contributed by atoms with E-state index < -0.39 is 0 Å². The number of nitrogens with zero attached hydrogens (tertiary/aromatic N) is 1. The number of rotatable bonds is 1. The van der Waals surface area contributed by atoms with E-state index in [-0.39, 0.29) is 10.8 Å². The lowest BCUT2D eigenvalue weighted by Crippen LogP contribution is -2.20. The average Bonchev–Trinajstić information content (AvgIpc) is 2.52. The molecule has 0 saturated heterocycles. The molecule has 0 bridgehead atoms. The van der Waals surface area contributed by atoms with Crippen molar-refractivity contribution in [3.8, 4) is 0 Å². The number of alkyl halides is 1. The number of hydrogen-bond donors (Lipinski definition) is 1. The molecule has 0 aliphatic heterocycles. The van der Waals surface area contributed by atoms with Gasteiger partial charge in [-0.05, 0) is 37.2 Å². The Hall–Kier alpha value is -0.760. The van der Waals surface area contributed by atoms with Gasteiger partial charge >= 0.3 is 0 Å². The quantitative estimate of drug-likeness (QED) is 0.745. The Kier molecular flexibility index (Phi) is 2.63. The number of hydrogen-bond acceptors (Lipinski definition) is 2. The van der Waals surface area contributed by atoms with Gasteiger partial charge in [-0.2, -0.15) is 0 Å². The van der Waals surface area contributed by atoms with E-state index in [0.717, 1.165) is 19.3 Å². The molecule has 2 unspecified atom stereocenters. The summed E-state index contributed by atoms with van der Waals surface area (Å²) in [6, 6.07) is 2.15. The van der Waals surface area contributed by atoms with Crippen LogP contribution in [0.2, 0.25) is 0 Å². The van der Waals surface area contributed by atoms with Crippen LogP contribution >= 0.6 is 11.6 Å². The molecule has 2 N–H and O–H groups in total. The molecule has 1 aliphatic carbocycles. The zero-order chi connectivity index (χ0) is 11.1. The first-order valence-electron chi connectivity index (χ1n) is 5.38. The minimum absolute atomic E-state index is 0.121. The third-order valence-electron chi connectivity index (χ3n) is 3.39. The van der Waals surface area contributed by atoms with Crippen LogP contribution in [0.25, 0.3) is 0 Å². The van der Waals surface area contributed by atoms with Gasteiger partial charge in [-0.1, -0.05) is 13.0 Å². The van der Waals surface area contributed by atoms with Crippen molar-refractivity contribution < 1.29 is 0 Å². The highest BCUT2D eigenvalue weighted by molar-refractivity contribution is 6.20. The number of nitrogens with two attached hydrogens (primary N) is 1. The summed E-state index contributed by atoms with van der Waals surface area (Å²) in [5.41, 5.74) is 8.40. The SMILES string of the molecule is Cc1cnc(N)c(C2(C)CCC(Cl)C2)c1. The van der Waals surface area contributed by atoms with Gasteiger partial charge in [0.1, 0.15) is 5.82 Å². The molecule has 2 atom stereocenters. The van der Waals surface area contributed by atoms with Crippen LogP contribution < -0.4 is 5.73 Å². The number of pyridine rings is 1. The maximum atomic E-state index is 6.18. The Morgan fingerprint density at radius 1 is 1.60 bits per heavy atom. The molecule has 1 aromatic rings. The molecule has 0 radical (unpaired) electrons. The van der Waals surface area contributed by atoms with Crippen molar-refractivity contribution in [3.63, 3.8) is 0 Å². The standard InChI is InChI=1S/C12H17ClN2/c1-8-5-10(11(14)15-7-8)12(2)4-3-9(13)6-12/h5,7,9H,3-4,6H2,1-2H3,(H2,14,15). The van der Waals surface area contributed by atoms with E-state index in [4.69, 9.17) is 17.3 Å². The van der Waals surface area contributed by atoms with Crippen molar-refractivity contribution in [1.82, 2.24) is 4.98 Å². The highest BCUT2D eigenvalue weighted by Gasteiger charge is 2.37. The molecule has 2 rings (SSSR count). The summed E-state index contributed by atoms with van der Waals surface area (Å²) in [6.45, 7) is 4.29. The first kappa shape index (κ1) is 10.7. The minimum Gasteiger partial charge on any atom is -0.383 e. The molecule has 2 nitrogen and oxygen atoms in total. The van der Waals surface area contributed by atoms with E-state index in [1.807, 2.05) is 13.1 Å². The monoisotopic (exact) mass is 224 g/mol. The van der Waals surface area contributed by atoms with Crippen LogP contribution in [0, 0.1) is 6.92 Å². The molecule has 1 saturated carbocycles. The number of halogens is 1. The van der Waals surface area contributed by atoms with Crippen molar-refractivity contribution in [3.05, 3.63) is 23.4 Å². The summed E-state index contributed by atoms with van der Waals surface area (Å²) in [7, 11) is 0. The second-order valence-electron chi connectivity index (χ2n) is 4.85. The molecule has 0 aromatic carbocycles. The Morgan fingerprint density at radius 2 is 2.33 bits per heavy atom. The average molecular weight is 225 g/mol. The number of aromatic nitrogens is 1. The predicted octanol–water partition coefficient (Wildman–Crippen LogP) is 3.02. The van der Waals surface area contributed by atoms with E-state index in [2.05, 4.69) is 18.0 Å². The van der Waals surface area contributed by atoms with Crippen LogP contribution in [0.1, 0.15) is 37.3 Å². The van der Waals surface area contributed by atoms with Crippen LogP contribution in [0.3, 0.4) is 0 Å². The fraction of sp³-hybridized carbons (Fsp3) is 0.583. The van der Waals surface area contributed by atoms with Crippen LogP contribution in [0.15, 0.2) is 12.3 Å². The Morgan fingerprint density at radius 3 is 2.93 bits per heavy atom. The second kappa shape index (κ2) is 3.67. The van der Waals surface area contributed by atoms with Gasteiger partial charge in [-0.25, -0.2) is 4.98 Å². The molecule has 0 amide bonds. The lowest BCUT2D eigenvalue weighted by atomic mass is 9.81. The Labute approximate surface area is 95.8 Å². The van der Waals surface area contributed by atoms with Gasteiger partial charge in [-0.15, -0.1) is 11.6 Å². The third-order valence-corrected chi connectivity index (χ3v) is 3.76. The van der Waals surface area contributed by atoms with Gasteiger partial charge in [0.25, 0.3) is 0 Å². The maximum absolute atomic E-state index is 6.18. The lowest BCUT2D eigenvalue weighted by molar-refractivity contribution is 0.492. The molecule has 1 heterocycles. The highest BCUT2D eigenvalue weighted by Crippen LogP contribution is 2.44. The zero-order valence-corrected chi connectivity index (χ0v) is 10.0. The molecule has 1 fully saturated rings. The van der Waals surface area contributed by atoms with Crippen molar-refractivity contribution >= 4 is 17.4 Å². The summed E-state index contributed by atoms with van der Waals surface area (Å²) in [5, 5.41) is 0.287. The largest absolute Gasteiger partial charge is 0.383 e. The highest BCUT2D eigenvalue weighted by atomic mass is 35.5. The van der Waals surface area contributed by atoms with Gasteiger partial charge in [-0.3, -0.25) is 0 Å². The van der Waals surface area contributed by atoms with Crippen LogP contribution in [0.4, 0.5) is 5.82 Å². The van der Waals surface area contributed by atoms with E-state index in [1.165, 1.54) is 11.1 Å². The predicted molar refractivity (Wildman–Crippen MR) is 64.2 cm³/mol. The topological polar surface area (TPSA) is 38.9 Å². The van der Waals surface area contributed by atoms with Gasteiger partial charge in [0.2, 0.25) is 0 Å². The molecule has 15 heavy (non-hydrogen) atoms. The molecule has 3 heteroatoms. The van der Waals surface area contributed by atoms with Crippen LogP contribution in [-0.4, -0.2) is 10.4 Å². The van der Waals surface area contributed by atoms with E-state index >= 15 is 0 Å². The summed E-state index contributed by atoms with van der Waals surface area (Å²) >= 11 is 6.18. The third kappa shape index (κ3) is 1.96. The van der Waals surface area contributed by atoms with Gasteiger partial charge in [0.15, 0.2) is 0 Å². The number of anilines is 1. The lowest BCUT2D eigenvalue weighted by Gasteiger charge is -2.25. The summed E-state index contributed by atoms with van der Waals surface area (Å²) in [5.74, 6) is 0.661. The molecule has 1 aromatic heterocycles. The first-order chi connectivity index (χ1) is 7.01. The Bertz CT molecular complexity index is 378. The summed E-state index contributed by atoms with van der Waals surface area (Å²) < 4.78 is 0. The maximum Gasteiger partial charge on any atom is 0.127 e. The van der Waals surface area contributed by atoms with Crippen molar-refractivity contribution in [1.29, 1.82) is 0 Å². The van der Waals surface area contributed by atoms with E-state index in [1.54, 1.807) is 0 Å². The second-order valence-corrected chi connectivity index (χ2v) is 5.46. The van der Waals surface area contributed by atoms with Gasteiger partial charge < -0.3 is 5.73 Å². The molecule has 1 aliphatic rings. The van der Waals surface area contributed by atoms with E-state index in [9.17, 15) is 0 Å². The summed E-state index contributed by atoms with van der Waals surface area (Å²) in [4.78, 5) is 4.23. The summed E-state index contributed by atoms with van der Waals surface area (Å²) in [6.07, 6.45) is 5.00. The van der Waals surface area contributed by atoms with E-state index in [0.29, 0.717) is 5.82 Å². The first-order valence-corrected chi connectivity index (χ1v) is 5.81. The van der Waals surface area contributed by atoms with Crippen LogP contribution in [0.5, 0.6) is 0 Å². The van der Waals surface area contributed by atoms with Crippen molar-refractivity contribution in [2.75, 3.05) is 5.73 Å². The fourth-order valence-corrected chi connectivity index (χ4v) is 2.93. The fourth-order valence-electron chi connectivity index (χ4n) is 2.48. The molecular weight excluding hydrogens is 208 g/mol. The number of nitrogen functional groups attached to an aromatic ring is 1. The van der Waals surface area contributed by atoms with Gasteiger partial charge in [0.05, 0.1) is 0 Å². The van der Waals surface area contributed by atoms with Crippen molar-refractivity contribution in [2.24, 2.45) is 0 Å². The molecular formula is C12H17ClN2. The van der Waals surface area contributed by atoms with Gasteiger partial charge in [0, 0.05) is 17.1 Å². The normalized spacial score (nSPS) is 30.7. The van der Waals surface area contributed by atoms with Crippen LogP contribution in [-0.2, 0) is 5.41 Å². The smallest absolute Gasteiger partial charge is 0.127 e. The number of aryl methyl sites for hydroxylation is 1. The minimum atomic E-state index is 0.121. The Balaban J connectivity index is 2.40. The molecule has 0 spiro atoms.